The molecule has 5 heteroatoms. The van der Waals surface area contributed by atoms with Crippen LogP contribution in [0.5, 0.6) is 5.75 Å². The van der Waals surface area contributed by atoms with E-state index in [1.165, 1.54) is 0 Å². The van der Waals surface area contributed by atoms with Gasteiger partial charge in [0.05, 0.1) is 35.4 Å². The van der Waals surface area contributed by atoms with Crippen LogP contribution < -0.4 is 4.74 Å². The third-order valence-corrected chi connectivity index (χ3v) is 4.43. The van der Waals surface area contributed by atoms with Gasteiger partial charge in [-0.25, -0.2) is 0 Å². The van der Waals surface area contributed by atoms with Gasteiger partial charge < -0.3 is 4.74 Å². The number of hydrogen-bond acceptors (Lipinski definition) is 3. The monoisotopic (exact) mass is 304 g/mol. The molecule has 110 valence electrons. The molecule has 1 aromatic carbocycles. The summed E-state index contributed by atoms with van der Waals surface area (Å²) in [5.74, 6) is 0.913. The van der Waals surface area contributed by atoms with E-state index < -0.39 is 0 Å². The number of rotatable bonds is 3. The molecule has 21 heavy (non-hydrogen) atoms. The lowest BCUT2D eigenvalue weighted by Gasteiger charge is -2.24. The number of ether oxygens (including phenoxy) is 1. The molecule has 1 aliphatic heterocycles. The molecule has 2 aromatic rings. The first-order valence-electron chi connectivity index (χ1n) is 6.97. The highest BCUT2D eigenvalue weighted by molar-refractivity contribution is 6.32. The van der Waals surface area contributed by atoms with Gasteiger partial charge in [0.2, 0.25) is 0 Å². The zero-order chi connectivity index (χ0) is 15.0. The molecule has 0 spiro atoms. The van der Waals surface area contributed by atoms with Gasteiger partial charge in [-0.15, -0.1) is 0 Å². The van der Waals surface area contributed by atoms with Gasteiger partial charge in [0.25, 0.3) is 0 Å². The van der Waals surface area contributed by atoms with Gasteiger partial charge in [-0.05, 0) is 25.0 Å². The van der Waals surface area contributed by atoms with E-state index in [1.807, 2.05) is 38.2 Å². The van der Waals surface area contributed by atoms with E-state index in [0.717, 1.165) is 29.1 Å². The Labute approximate surface area is 128 Å². The maximum atomic E-state index is 12.5. The van der Waals surface area contributed by atoms with Crippen molar-refractivity contribution in [2.75, 3.05) is 6.61 Å². The summed E-state index contributed by atoms with van der Waals surface area (Å²) in [5, 5.41) is 4.83. The number of hydrogen-bond donors (Lipinski definition) is 0. The zero-order valence-corrected chi connectivity index (χ0v) is 12.9. The van der Waals surface area contributed by atoms with Crippen molar-refractivity contribution in [1.82, 2.24) is 9.78 Å². The molecule has 0 bridgehead atoms. The van der Waals surface area contributed by atoms with Crippen LogP contribution in [-0.2, 0) is 24.7 Å². The third kappa shape index (κ3) is 2.68. The zero-order valence-electron chi connectivity index (χ0n) is 12.1. The molecule has 1 aromatic heterocycles. The summed E-state index contributed by atoms with van der Waals surface area (Å²) in [7, 11) is 1.81. The van der Waals surface area contributed by atoms with Gasteiger partial charge in [-0.3, -0.25) is 9.48 Å². The van der Waals surface area contributed by atoms with Crippen molar-refractivity contribution in [3.63, 3.8) is 0 Å². The Morgan fingerprint density at radius 3 is 2.95 bits per heavy atom. The van der Waals surface area contributed by atoms with Crippen LogP contribution in [0.15, 0.2) is 24.3 Å². The van der Waals surface area contributed by atoms with E-state index in [9.17, 15) is 4.79 Å². The highest BCUT2D eigenvalue weighted by atomic mass is 35.5. The van der Waals surface area contributed by atoms with Crippen molar-refractivity contribution in [2.45, 2.75) is 19.8 Å². The Morgan fingerprint density at radius 2 is 2.24 bits per heavy atom. The highest BCUT2D eigenvalue weighted by Crippen LogP contribution is 2.28. The predicted molar refractivity (Wildman–Crippen MR) is 80.8 cm³/mol. The molecule has 1 aliphatic rings. The Balaban J connectivity index is 1.75. The molecule has 0 amide bonds. The number of ketones is 1. The average molecular weight is 305 g/mol. The first kappa shape index (κ1) is 14.1. The van der Waals surface area contributed by atoms with Crippen molar-refractivity contribution < 1.29 is 9.53 Å². The normalized spacial score (nSPS) is 17.2. The molecule has 0 fully saturated rings. The molecule has 0 saturated carbocycles. The second-order valence-electron chi connectivity index (χ2n) is 5.43. The van der Waals surface area contributed by atoms with Crippen LogP contribution in [0.3, 0.4) is 0 Å². The summed E-state index contributed by atoms with van der Waals surface area (Å²) in [6.45, 7) is 2.28. The number of fused-ring (bicyclic) bond motifs is 1. The van der Waals surface area contributed by atoms with E-state index in [4.69, 9.17) is 16.3 Å². The molecular weight excluding hydrogens is 288 g/mol. The van der Waals surface area contributed by atoms with Crippen molar-refractivity contribution in [3.05, 3.63) is 46.2 Å². The SMILES string of the molecule is Cc1nn(C)c(CC(=O)C2COc3ccccc3C2)c1Cl. The number of para-hydroxylation sites is 1. The van der Waals surface area contributed by atoms with Crippen molar-refractivity contribution >= 4 is 17.4 Å². The molecule has 1 unspecified atom stereocenters. The fourth-order valence-electron chi connectivity index (χ4n) is 2.72. The predicted octanol–water partition coefficient (Wildman–Crippen LogP) is 2.74. The van der Waals surface area contributed by atoms with Crippen LogP contribution in [0, 0.1) is 12.8 Å². The minimum atomic E-state index is -0.119. The summed E-state index contributed by atoms with van der Waals surface area (Å²) in [6, 6.07) is 7.86. The maximum Gasteiger partial charge on any atom is 0.145 e. The van der Waals surface area contributed by atoms with Crippen LogP contribution in [0.2, 0.25) is 5.02 Å². The first-order valence-corrected chi connectivity index (χ1v) is 7.35. The lowest BCUT2D eigenvalue weighted by molar-refractivity contribution is -0.123. The van der Waals surface area contributed by atoms with Crippen molar-refractivity contribution in [1.29, 1.82) is 0 Å². The number of carbonyl (C=O) groups is 1. The molecule has 0 saturated heterocycles. The second-order valence-corrected chi connectivity index (χ2v) is 5.81. The standard InChI is InChI=1S/C16H17ClN2O2/c1-10-16(17)13(19(2)18-10)8-14(20)12-7-11-5-3-4-6-15(11)21-9-12/h3-6,12H,7-9H2,1-2H3. The van der Waals surface area contributed by atoms with Crippen LogP contribution >= 0.6 is 11.6 Å². The Hall–Kier alpha value is -1.81. The summed E-state index contributed by atoms with van der Waals surface area (Å²) < 4.78 is 7.37. The fourth-order valence-corrected chi connectivity index (χ4v) is 2.94. The summed E-state index contributed by atoms with van der Waals surface area (Å²) in [5.41, 5.74) is 2.62. The van der Waals surface area contributed by atoms with Crippen LogP contribution in [0.4, 0.5) is 0 Å². The molecule has 1 atom stereocenters. The average Bonchev–Trinajstić information content (AvgIpc) is 2.73. The summed E-state index contributed by atoms with van der Waals surface area (Å²) >= 11 is 6.21. The topological polar surface area (TPSA) is 44.1 Å². The maximum absolute atomic E-state index is 12.5. The Kier molecular flexibility index (Phi) is 3.72. The molecule has 0 radical (unpaired) electrons. The van der Waals surface area contributed by atoms with Gasteiger partial charge in [-0.1, -0.05) is 29.8 Å². The molecule has 2 heterocycles. The number of benzene rings is 1. The Bertz CT molecular complexity index is 694. The van der Waals surface area contributed by atoms with Crippen molar-refractivity contribution in [3.8, 4) is 5.75 Å². The summed E-state index contributed by atoms with van der Waals surface area (Å²) in [4.78, 5) is 12.5. The number of halogens is 1. The van der Waals surface area contributed by atoms with Gasteiger partial charge in [0, 0.05) is 7.05 Å². The minimum absolute atomic E-state index is 0.119. The van der Waals surface area contributed by atoms with E-state index in [2.05, 4.69) is 5.10 Å². The fraction of sp³-hybridized carbons (Fsp3) is 0.375. The number of nitrogens with zero attached hydrogens (tertiary/aromatic N) is 2. The van der Waals surface area contributed by atoms with Gasteiger partial charge in [0.15, 0.2) is 0 Å². The van der Waals surface area contributed by atoms with E-state index in [0.29, 0.717) is 18.1 Å². The summed E-state index contributed by atoms with van der Waals surface area (Å²) in [6.07, 6.45) is 1.02. The van der Waals surface area contributed by atoms with E-state index in [-0.39, 0.29) is 11.7 Å². The number of aryl methyl sites for hydroxylation is 2. The number of aromatic nitrogens is 2. The minimum Gasteiger partial charge on any atom is -0.493 e. The highest BCUT2D eigenvalue weighted by Gasteiger charge is 2.27. The largest absolute Gasteiger partial charge is 0.493 e. The molecule has 4 nitrogen and oxygen atoms in total. The lowest BCUT2D eigenvalue weighted by Crippen LogP contribution is -2.29. The molecule has 0 N–H and O–H groups in total. The van der Waals surface area contributed by atoms with Crippen LogP contribution in [0.25, 0.3) is 0 Å². The van der Waals surface area contributed by atoms with E-state index >= 15 is 0 Å². The van der Waals surface area contributed by atoms with Crippen LogP contribution in [-0.4, -0.2) is 22.2 Å². The molecule has 0 aliphatic carbocycles. The van der Waals surface area contributed by atoms with Crippen molar-refractivity contribution in [2.24, 2.45) is 13.0 Å². The number of Topliss-reactive ketones (excluding diaryl/α,β-unsaturated/α-hetero) is 1. The number of carbonyl (C=O) groups excluding carboxylic acids is 1. The molecule has 3 rings (SSSR count). The first-order chi connectivity index (χ1) is 10.1. The smallest absolute Gasteiger partial charge is 0.145 e. The van der Waals surface area contributed by atoms with Gasteiger partial charge >= 0.3 is 0 Å². The van der Waals surface area contributed by atoms with Crippen LogP contribution in [0.1, 0.15) is 17.0 Å². The van der Waals surface area contributed by atoms with E-state index in [1.54, 1.807) is 4.68 Å². The van der Waals surface area contributed by atoms with Gasteiger partial charge in [0.1, 0.15) is 11.5 Å². The molecular formula is C16H17ClN2O2. The quantitative estimate of drug-likeness (QED) is 0.876. The second kappa shape index (κ2) is 5.53. The third-order valence-electron chi connectivity index (χ3n) is 3.94. The Morgan fingerprint density at radius 1 is 1.48 bits per heavy atom. The lowest BCUT2D eigenvalue weighted by atomic mass is 9.91. The van der Waals surface area contributed by atoms with Gasteiger partial charge in [-0.2, -0.15) is 5.10 Å².